The van der Waals surface area contributed by atoms with Crippen LogP contribution in [0.3, 0.4) is 0 Å². The van der Waals surface area contributed by atoms with Crippen molar-refractivity contribution in [1.82, 2.24) is 0 Å². The molecule has 0 radical (unpaired) electrons. The van der Waals surface area contributed by atoms with Crippen LogP contribution in [0, 0.1) is 5.92 Å². The molecule has 0 N–H and O–H groups in total. The number of unbranched alkanes of at least 4 members (excludes halogenated alkanes) is 3. The Morgan fingerprint density at radius 3 is 2.24 bits per heavy atom. The molecule has 0 rings (SSSR count). The van der Waals surface area contributed by atoms with Crippen LogP contribution in [0.5, 0.6) is 0 Å². The lowest BCUT2D eigenvalue weighted by Crippen LogP contribution is -2.26. The van der Waals surface area contributed by atoms with E-state index < -0.39 is 11.9 Å². The first-order chi connectivity index (χ1) is 8.02. The standard InChI is InChI=1S/C13H22O4/c1-4-5-6-7-8-11(13(16)17-3)12(15)9-10(2)14/h11H,4-9H2,1-3H3. The van der Waals surface area contributed by atoms with E-state index in [-0.39, 0.29) is 18.0 Å². The van der Waals surface area contributed by atoms with E-state index in [1.807, 2.05) is 0 Å². The van der Waals surface area contributed by atoms with Crippen LogP contribution >= 0.6 is 0 Å². The fourth-order valence-corrected chi connectivity index (χ4v) is 1.70. The van der Waals surface area contributed by atoms with Crippen molar-refractivity contribution in [3.05, 3.63) is 0 Å². The number of ether oxygens (including phenoxy) is 1. The maximum absolute atomic E-state index is 11.7. The quantitative estimate of drug-likeness (QED) is 0.353. The molecule has 0 heterocycles. The van der Waals surface area contributed by atoms with E-state index in [0.717, 1.165) is 25.7 Å². The second kappa shape index (κ2) is 8.90. The summed E-state index contributed by atoms with van der Waals surface area (Å²) in [5.41, 5.74) is 0. The Labute approximate surface area is 103 Å². The van der Waals surface area contributed by atoms with E-state index in [2.05, 4.69) is 11.7 Å². The summed E-state index contributed by atoms with van der Waals surface area (Å²) in [6.45, 7) is 3.45. The Bertz CT molecular complexity index is 271. The van der Waals surface area contributed by atoms with Crippen LogP contribution in [-0.2, 0) is 19.1 Å². The SMILES string of the molecule is CCCCCCC(C(=O)CC(C)=O)C(=O)OC. The summed E-state index contributed by atoms with van der Waals surface area (Å²) < 4.78 is 4.60. The highest BCUT2D eigenvalue weighted by Crippen LogP contribution is 2.15. The highest BCUT2D eigenvalue weighted by atomic mass is 16.5. The molecule has 0 aliphatic heterocycles. The molecule has 0 spiro atoms. The zero-order chi connectivity index (χ0) is 13.3. The third-order valence-electron chi connectivity index (χ3n) is 2.64. The second-order valence-electron chi connectivity index (χ2n) is 4.27. The maximum Gasteiger partial charge on any atom is 0.316 e. The number of ketones is 2. The van der Waals surface area contributed by atoms with Gasteiger partial charge in [-0.3, -0.25) is 14.4 Å². The number of carbonyl (C=O) groups is 3. The Hall–Kier alpha value is -1.19. The van der Waals surface area contributed by atoms with E-state index in [0.29, 0.717) is 6.42 Å². The molecular formula is C13H22O4. The van der Waals surface area contributed by atoms with E-state index in [1.165, 1.54) is 14.0 Å². The minimum atomic E-state index is -0.763. The van der Waals surface area contributed by atoms with E-state index >= 15 is 0 Å². The minimum Gasteiger partial charge on any atom is -0.468 e. The largest absolute Gasteiger partial charge is 0.468 e. The molecule has 1 atom stereocenters. The van der Waals surface area contributed by atoms with Crippen molar-refractivity contribution in [2.24, 2.45) is 5.92 Å². The van der Waals surface area contributed by atoms with Crippen LogP contribution in [0.4, 0.5) is 0 Å². The first-order valence-electron chi connectivity index (χ1n) is 6.12. The van der Waals surface area contributed by atoms with Gasteiger partial charge in [0, 0.05) is 0 Å². The molecule has 0 aliphatic rings. The predicted molar refractivity (Wildman–Crippen MR) is 64.6 cm³/mol. The lowest BCUT2D eigenvalue weighted by atomic mass is 9.94. The van der Waals surface area contributed by atoms with Gasteiger partial charge in [0.05, 0.1) is 13.5 Å². The van der Waals surface area contributed by atoms with E-state index in [9.17, 15) is 14.4 Å². The predicted octanol–water partition coefficient (Wildman–Crippen LogP) is 2.29. The van der Waals surface area contributed by atoms with Crippen LogP contribution in [0.25, 0.3) is 0 Å². The van der Waals surface area contributed by atoms with Crippen molar-refractivity contribution in [3.63, 3.8) is 0 Å². The van der Waals surface area contributed by atoms with Crippen LogP contribution in [-0.4, -0.2) is 24.6 Å². The number of methoxy groups -OCH3 is 1. The average Bonchev–Trinajstić information content (AvgIpc) is 2.27. The molecule has 4 nitrogen and oxygen atoms in total. The molecule has 0 amide bonds. The highest BCUT2D eigenvalue weighted by molar-refractivity contribution is 6.07. The summed E-state index contributed by atoms with van der Waals surface area (Å²) in [7, 11) is 1.27. The van der Waals surface area contributed by atoms with Gasteiger partial charge in [0.1, 0.15) is 11.7 Å². The lowest BCUT2D eigenvalue weighted by molar-refractivity contribution is -0.149. The molecule has 0 saturated heterocycles. The van der Waals surface area contributed by atoms with E-state index in [1.54, 1.807) is 0 Å². The smallest absolute Gasteiger partial charge is 0.316 e. The molecule has 0 aromatic heterocycles. The molecule has 17 heavy (non-hydrogen) atoms. The van der Waals surface area contributed by atoms with Crippen LogP contribution in [0.2, 0.25) is 0 Å². The van der Waals surface area contributed by atoms with Gasteiger partial charge >= 0.3 is 5.97 Å². The fraction of sp³-hybridized carbons (Fsp3) is 0.769. The van der Waals surface area contributed by atoms with Crippen molar-refractivity contribution < 1.29 is 19.1 Å². The summed E-state index contributed by atoms with van der Waals surface area (Å²) >= 11 is 0. The minimum absolute atomic E-state index is 0.173. The molecule has 1 unspecified atom stereocenters. The third-order valence-corrected chi connectivity index (χ3v) is 2.64. The fourth-order valence-electron chi connectivity index (χ4n) is 1.70. The summed E-state index contributed by atoms with van der Waals surface area (Å²) in [6.07, 6.45) is 4.32. The Balaban J connectivity index is 4.28. The van der Waals surface area contributed by atoms with Crippen LogP contribution in [0.15, 0.2) is 0 Å². The molecular weight excluding hydrogens is 220 g/mol. The molecule has 0 aliphatic carbocycles. The summed E-state index contributed by atoms with van der Waals surface area (Å²) in [6, 6.07) is 0. The second-order valence-corrected chi connectivity index (χ2v) is 4.27. The summed E-state index contributed by atoms with van der Waals surface area (Å²) in [4.78, 5) is 34.0. The first kappa shape index (κ1) is 15.8. The molecule has 98 valence electrons. The molecule has 0 aromatic carbocycles. The van der Waals surface area contributed by atoms with Gasteiger partial charge in [0.15, 0.2) is 5.78 Å². The topological polar surface area (TPSA) is 60.4 Å². The molecule has 0 fully saturated rings. The van der Waals surface area contributed by atoms with Crippen molar-refractivity contribution in [1.29, 1.82) is 0 Å². The third kappa shape index (κ3) is 6.87. The molecule has 0 saturated carbocycles. The van der Waals surface area contributed by atoms with Gasteiger partial charge < -0.3 is 4.74 Å². The van der Waals surface area contributed by atoms with E-state index in [4.69, 9.17) is 0 Å². The van der Waals surface area contributed by atoms with Crippen molar-refractivity contribution in [2.75, 3.05) is 7.11 Å². The number of esters is 1. The highest BCUT2D eigenvalue weighted by Gasteiger charge is 2.27. The van der Waals surface area contributed by atoms with Crippen LogP contribution < -0.4 is 0 Å². The summed E-state index contributed by atoms with van der Waals surface area (Å²) in [5.74, 6) is -1.81. The zero-order valence-electron chi connectivity index (χ0n) is 11.0. The first-order valence-corrected chi connectivity index (χ1v) is 6.12. The van der Waals surface area contributed by atoms with Gasteiger partial charge in [0.25, 0.3) is 0 Å². The number of rotatable bonds is 9. The van der Waals surface area contributed by atoms with Gasteiger partial charge in [0.2, 0.25) is 0 Å². The number of hydrogen-bond acceptors (Lipinski definition) is 4. The molecule has 0 bridgehead atoms. The lowest BCUT2D eigenvalue weighted by Gasteiger charge is -2.12. The van der Waals surface area contributed by atoms with Crippen LogP contribution in [0.1, 0.15) is 52.4 Å². The van der Waals surface area contributed by atoms with Crippen molar-refractivity contribution in [2.45, 2.75) is 52.4 Å². The monoisotopic (exact) mass is 242 g/mol. The van der Waals surface area contributed by atoms with Gasteiger partial charge in [-0.2, -0.15) is 0 Å². The summed E-state index contributed by atoms with van der Waals surface area (Å²) in [5, 5.41) is 0. The van der Waals surface area contributed by atoms with Crippen molar-refractivity contribution in [3.8, 4) is 0 Å². The Kier molecular flexibility index (Phi) is 8.28. The normalized spacial score (nSPS) is 11.9. The maximum atomic E-state index is 11.7. The zero-order valence-corrected chi connectivity index (χ0v) is 11.0. The molecule has 0 aromatic rings. The number of hydrogen-bond donors (Lipinski definition) is 0. The average molecular weight is 242 g/mol. The van der Waals surface area contributed by atoms with Gasteiger partial charge in [-0.15, -0.1) is 0 Å². The number of Topliss-reactive ketones (excluding diaryl/α,β-unsaturated/α-hetero) is 2. The van der Waals surface area contributed by atoms with Gasteiger partial charge in [-0.25, -0.2) is 0 Å². The Morgan fingerprint density at radius 1 is 1.12 bits per heavy atom. The molecule has 4 heteroatoms. The van der Waals surface area contributed by atoms with Crippen molar-refractivity contribution >= 4 is 17.5 Å². The Morgan fingerprint density at radius 2 is 1.76 bits per heavy atom. The number of carbonyl (C=O) groups excluding carboxylic acids is 3. The van der Waals surface area contributed by atoms with Gasteiger partial charge in [-0.1, -0.05) is 32.6 Å². The van der Waals surface area contributed by atoms with Gasteiger partial charge in [-0.05, 0) is 13.3 Å².